The van der Waals surface area contributed by atoms with Crippen LogP contribution in [0.5, 0.6) is 0 Å². The molecule has 0 aliphatic carbocycles. The zero-order valence-corrected chi connectivity index (χ0v) is 13.2. The summed E-state index contributed by atoms with van der Waals surface area (Å²) in [6.45, 7) is 1.98. The molecule has 0 aromatic heterocycles. The van der Waals surface area contributed by atoms with Gasteiger partial charge >= 0.3 is 5.97 Å². The Morgan fingerprint density at radius 1 is 0.952 bits per heavy atom. The van der Waals surface area contributed by atoms with Crippen molar-refractivity contribution < 1.29 is 15.0 Å². The van der Waals surface area contributed by atoms with E-state index in [0.29, 0.717) is 12.8 Å². The topological polar surface area (TPSA) is 57.5 Å². The van der Waals surface area contributed by atoms with E-state index < -0.39 is 5.97 Å². The lowest BCUT2D eigenvalue weighted by atomic mass is 10.1. The molecule has 0 rings (SSSR count). The van der Waals surface area contributed by atoms with Gasteiger partial charge in [-0.2, -0.15) is 0 Å². The van der Waals surface area contributed by atoms with E-state index in [4.69, 9.17) is 5.11 Å². The number of hydrogen-bond acceptors (Lipinski definition) is 2. The monoisotopic (exact) mass is 294 g/mol. The second-order valence-electron chi connectivity index (χ2n) is 5.24. The van der Waals surface area contributed by atoms with Gasteiger partial charge in [-0.3, -0.25) is 4.79 Å². The number of carboxylic acid groups (broad SMARTS) is 1. The van der Waals surface area contributed by atoms with E-state index in [-0.39, 0.29) is 6.10 Å². The zero-order chi connectivity index (χ0) is 15.8. The molecular weight excluding hydrogens is 264 g/mol. The number of rotatable bonds is 13. The first-order valence-electron chi connectivity index (χ1n) is 8.05. The lowest BCUT2D eigenvalue weighted by molar-refractivity contribution is -0.137. The molecule has 0 aromatic carbocycles. The minimum absolute atomic E-state index is 0.222. The number of aliphatic hydroxyl groups excluding tert-OH is 1. The molecule has 3 heteroatoms. The van der Waals surface area contributed by atoms with Gasteiger partial charge in [0.05, 0.1) is 6.10 Å². The van der Waals surface area contributed by atoms with Crippen molar-refractivity contribution in [3.05, 3.63) is 36.5 Å². The number of aliphatic carboxylic acids is 1. The number of aliphatic hydroxyl groups is 1. The predicted octanol–water partition coefficient (Wildman–Crippen LogP) is 4.63. The molecule has 0 radical (unpaired) electrons. The van der Waals surface area contributed by atoms with E-state index in [1.54, 1.807) is 0 Å². The van der Waals surface area contributed by atoms with Crippen molar-refractivity contribution in [2.45, 2.75) is 70.8 Å². The molecule has 0 spiro atoms. The minimum atomic E-state index is -0.692. The van der Waals surface area contributed by atoms with Gasteiger partial charge in [0, 0.05) is 6.42 Å². The van der Waals surface area contributed by atoms with Crippen LogP contribution in [-0.4, -0.2) is 22.3 Å². The van der Waals surface area contributed by atoms with Crippen molar-refractivity contribution in [3.8, 4) is 0 Å². The molecule has 0 amide bonds. The molecule has 0 heterocycles. The van der Waals surface area contributed by atoms with Crippen molar-refractivity contribution in [3.63, 3.8) is 0 Å². The van der Waals surface area contributed by atoms with Crippen molar-refractivity contribution in [1.82, 2.24) is 0 Å². The maximum absolute atomic E-state index is 10.3. The van der Waals surface area contributed by atoms with Gasteiger partial charge in [-0.1, -0.05) is 62.6 Å². The van der Waals surface area contributed by atoms with Gasteiger partial charge in [0.15, 0.2) is 0 Å². The van der Waals surface area contributed by atoms with Crippen LogP contribution in [0.1, 0.15) is 64.7 Å². The van der Waals surface area contributed by atoms with Crippen LogP contribution >= 0.6 is 0 Å². The summed E-state index contributed by atoms with van der Waals surface area (Å²) in [7, 11) is 0. The lowest BCUT2D eigenvalue weighted by Crippen LogP contribution is -2.00. The standard InChI is InChI=1S/C18H30O3/c1-2-17(19)15-13-11-9-7-5-3-4-6-8-10-12-14-16-18(20)21/h3,5,7,9,11,13,17,19H,2,4,6,8,10,12,14-16H2,1H3,(H,20,21)/b5-3+,9-7+,13-11+. The van der Waals surface area contributed by atoms with Crippen LogP contribution < -0.4 is 0 Å². The molecule has 2 N–H and O–H groups in total. The van der Waals surface area contributed by atoms with Gasteiger partial charge in [-0.05, 0) is 32.1 Å². The highest BCUT2D eigenvalue weighted by Gasteiger charge is 1.95. The van der Waals surface area contributed by atoms with Crippen molar-refractivity contribution in [1.29, 1.82) is 0 Å². The molecule has 0 bridgehead atoms. The Morgan fingerprint density at radius 2 is 1.57 bits per heavy atom. The Labute approximate surface area is 129 Å². The Balaban J connectivity index is 3.38. The summed E-state index contributed by atoms with van der Waals surface area (Å²) in [5, 5.41) is 17.8. The summed E-state index contributed by atoms with van der Waals surface area (Å²) >= 11 is 0. The van der Waals surface area contributed by atoms with Crippen LogP contribution in [0.15, 0.2) is 36.5 Å². The zero-order valence-electron chi connectivity index (χ0n) is 13.2. The van der Waals surface area contributed by atoms with E-state index in [1.165, 1.54) is 6.42 Å². The van der Waals surface area contributed by atoms with E-state index in [9.17, 15) is 9.90 Å². The second-order valence-corrected chi connectivity index (χ2v) is 5.24. The summed E-state index contributed by atoms with van der Waals surface area (Å²) < 4.78 is 0. The molecule has 0 saturated carbocycles. The smallest absolute Gasteiger partial charge is 0.303 e. The third-order valence-electron chi connectivity index (χ3n) is 3.25. The average Bonchev–Trinajstić information content (AvgIpc) is 2.46. The molecule has 120 valence electrons. The summed E-state index contributed by atoms with van der Waals surface area (Å²) in [5.74, 6) is -0.692. The minimum Gasteiger partial charge on any atom is -0.481 e. The second kappa shape index (κ2) is 15.0. The average molecular weight is 294 g/mol. The molecule has 0 aliphatic heterocycles. The summed E-state index contributed by atoms with van der Waals surface area (Å²) in [6, 6.07) is 0. The molecule has 0 aliphatic rings. The molecule has 3 nitrogen and oxygen atoms in total. The number of allylic oxidation sites excluding steroid dienone is 5. The van der Waals surface area contributed by atoms with Crippen LogP contribution in [-0.2, 0) is 4.79 Å². The molecule has 1 unspecified atom stereocenters. The normalized spacial score (nSPS) is 13.6. The molecule has 21 heavy (non-hydrogen) atoms. The Morgan fingerprint density at radius 3 is 2.24 bits per heavy atom. The molecule has 0 aromatic rings. The van der Waals surface area contributed by atoms with Gasteiger partial charge in [0.2, 0.25) is 0 Å². The first-order chi connectivity index (χ1) is 10.2. The van der Waals surface area contributed by atoms with E-state index in [1.807, 2.05) is 37.3 Å². The molecule has 1 atom stereocenters. The molecular formula is C18H30O3. The third kappa shape index (κ3) is 16.6. The summed E-state index contributed by atoms with van der Waals surface area (Å²) in [6.07, 6.45) is 20.1. The SMILES string of the molecule is CCC(O)C/C=C/C=C/C=C/CCCCCCCC(=O)O. The fraction of sp³-hybridized carbons (Fsp3) is 0.611. The van der Waals surface area contributed by atoms with Gasteiger partial charge in [-0.15, -0.1) is 0 Å². The Bertz CT molecular complexity index is 329. The first kappa shape index (κ1) is 19.7. The van der Waals surface area contributed by atoms with E-state index in [2.05, 4.69) is 6.08 Å². The van der Waals surface area contributed by atoms with Gasteiger partial charge in [0.25, 0.3) is 0 Å². The Kier molecular flexibility index (Phi) is 14.1. The van der Waals surface area contributed by atoms with Gasteiger partial charge < -0.3 is 10.2 Å². The third-order valence-corrected chi connectivity index (χ3v) is 3.25. The molecule has 0 saturated heterocycles. The van der Waals surface area contributed by atoms with Crippen LogP contribution in [0.4, 0.5) is 0 Å². The lowest BCUT2D eigenvalue weighted by Gasteiger charge is -2.00. The summed E-state index contributed by atoms with van der Waals surface area (Å²) in [5.41, 5.74) is 0. The number of carboxylic acids is 1. The maximum Gasteiger partial charge on any atom is 0.303 e. The Hall–Kier alpha value is -1.35. The molecule has 0 fully saturated rings. The van der Waals surface area contributed by atoms with E-state index >= 15 is 0 Å². The van der Waals surface area contributed by atoms with Crippen LogP contribution in [0.25, 0.3) is 0 Å². The van der Waals surface area contributed by atoms with Gasteiger partial charge in [-0.25, -0.2) is 0 Å². The quantitative estimate of drug-likeness (QED) is 0.384. The largest absolute Gasteiger partial charge is 0.481 e. The van der Waals surface area contributed by atoms with Crippen LogP contribution in [0.3, 0.4) is 0 Å². The highest BCUT2D eigenvalue weighted by atomic mass is 16.4. The number of hydrogen-bond donors (Lipinski definition) is 2. The fourth-order valence-electron chi connectivity index (χ4n) is 1.85. The first-order valence-corrected chi connectivity index (χ1v) is 8.05. The van der Waals surface area contributed by atoms with Crippen molar-refractivity contribution in [2.24, 2.45) is 0 Å². The van der Waals surface area contributed by atoms with Crippen LogP contribution in [0, 0.1) is 0 Å². The highest BCUT2D eigenvalue weighted by Crippen LogP contribution is 2.07. The fourth-order valence-corrected chi connectivity index (χ4v) is 1.85. The highest BCUT2D eigenvalue weighted by molar-refractivity contribution is 5.66. The number of carbonyl (C=O) groups is 1. The predicted molar refractivity (Wildman–Crippen MR) is 88.3 cm³/mol. The van der Waals surface area contributed by atoms with Crippen LogP contribution in [0.2, 0.25) is 0 Å². The van der Waals surface area contributed by atoms with Gasteiger partial charge in [0.1, 0.15) is 0 Å². The van der Waals surface area contributed by atoms with E-state index in [0.717, 1.165) is 38.5 Å². The maximum atomic E-state index is 10.3. The van der Waals surface area contributed by atoms with Crippen molar-refractivity contribution in [2.75, 3.05) is 0 Å². The summed E-state index contributed by atoms with van der Waals surface area (Å²) in [4.78, 5) is 10.3. The number of unbranched alkanes of at least 4 members (excludes halogenated alkanes) is 5. The van der Waals surface area contributed by atoms with Crippen molar-refractivity contribution >= 4 is 5.97 Å².